The van der Waals surface area contributed by atoms with Crippen molar-refractivity contribution in [1.29, 1.82) is 0 Å². The summed E-state index contributed by atoms with van der Waals surface area (Å²) in [5, 5.41) is 5.90. The lowest BCUT2D eigenvalue weighted by molar-refractivity contribution is -0.144. The molecule has 2 N–H and O–H groups in total. The molecule has 9 heteroatoms. The summed E-state index contributed by atoms with van der Waals surface area (Å²) in [5.41, 5.74) is 1.86. The van der Waals surface area contributed by atoms with E-state index in [0.717, 1.165) is 18.4 Å². The predicted octanol–water partition coefficient (Wildman–Crippen LogP) is 2.45. The van der Waals surface area contributed by atoms with Crippen molar-refractivity contribution in [1.82, 2.24) is 20.4 Å². The highest BCUT2D eigenvalue weighted by molar-refractivity contribution is 5.91. The maximum Gasteiger partial charge on any atom is 0.243 e. The molecule has 3 aliphatic rings. The Labute approximate surface area is 215 Å². The smallest absolute Gasteiger partial charge is 0.243 e. The number of amides is 3. The number of nitrogens with zero attached hydrogens (tertiary/aromatic N) is 2. The number of hydrogen-bond acceptors (Lipinski definition) is 4. The number of piperazine rings is 1. The molecule has 2 aliphatic heterocycles. The zero-order valence-electron chi connectivity index (χ0n) is 20.9. The van der Waals surface area contributed by atoms with Crippen LogP contribution in [-0.4, -0.2) is 72.5 Å². The Morgan fingerprint density at radius 1 is 1.16 bits per heavy atom. The number of halogens is 2. The summed E-state index contributed by atoms with van der Waals surface area (Å²) >= 11 is 0. The van der Waals surface area contributed by atoms with Gasteiger partial charge >= 0.3 is 0 Å². The molecular formula is C28H32F2N4O3. The van der Waals surface area contributed by atoms with Crippen molar-refractivity contribution in [2.45, 2.75) is 49.9 Å². The van der Waals surface area contributed by atoms with E-state index in [9.17, 15) is 18.8 Å². The highest BCUT2D eigenvalue weighted by Crippen LogP contribution is 2.48. The van der Waals surface area contributed by atoms with E-state index in [2.05, 4.69) is 10.6 Å². The van der Waals surface area contributed by atoms with Crippen LogP contribution in [0.1, 0.15) is 48.9 Å². The quantitative estimate of drug-likeness (QED) is 0.600. The summed E-state index contributed by atoms with van der Waals surface area (Å²) in [6, 6.07) is 12.6. The predicted molar refractivity (Wildman–Crippen MR) is 134 cm³/mol. The minimum atomic E-state index is -1.34. The van der Waals surface area contributed by atoms with Gasteiger partial charge in [0.2, 0.25) is 17.7 Å². The van der Waals surface area contributed by atoms with Gasteiger partial charge in [-0.3, -0.25) is 14.4 Å². The van der Waals surface area contributed by atoms with Crippen LogP contribution in [0, 0.1) is 5.82 Å². The van der Waals surface area contributed by atoms with Crippen molar-refractivity contribution in [2.75, 3.05) is 32.7 Å². The minimum absolute atomic E-state index is 0.125. The van der Waals surface area contributed by atoms with Gasteiger partial charge in [0.05, 0.1) is 25.7 Å². The topological polar surface area (TPSA) is 81.8 Å². The number of carbonyl (C=O) groups is 3. The number of likely N-dealkylation sites (tertiary alicyclic amines) is 1. The van der Waals surface area contributed by atoms with Crippen LogP contribution in [0.25, 0.3) is 0 Å². The average Bonchev–Trinajstić information content (AvgIpc) is 3.51. The normalized spacial score (nSPS) is 23.6. The maximum absolute atomic E-state index is 15.1. The second-order valence-electron chi connectivity index (χ2n) is 10.5. The molecule has 196 valence electrons. The number of benzene rings is 2. The van der Waals surface area contributed by atoms with E-state index in [1.807, 2.05) is 43.3 Å². The van der Waals surface area contributed by atoms with E-state index in [0.29, 0.717) is 24.2 Å². The van der Waals surface area contributed by atoms with Crippen molar-refractivity contribution in [3.05, 3.63) is 71.0 Å². The van der Waals surface area contributed by atoms with Gasteiger partial charge in [-0.1, -0.05) is 49.4 Å². The largest absolute Gasteiger partial charge is 0.343 e. The standard InChI is InChI=1S/C28H32F2N4O3/c1-28(9-10-28)21-8-7-19(13-22(21)30)26(18-5-3-2-4-6-18)32-27(37)23-14-20(29)16-34(23)25(36)17-33-12-11-31-15-24(33)35/h2-8,13,20,23,26,31H,9-12,14-17H2,1H3,(H,32,37). The minimum Gasteiger partial charge on any atom is -0.343 e. The van der Waals surface area contributed by atoms with Crippen LogP contribution < -0.4 is 10.6 Å². The summed E-state index contributed by atoms with van der Waals surface area (Å²) in [6.45, 7) is 2.75. The molecule has 2 aromatic carbocycles. The van der Waals surface area contributed by atoms with Crippen molar-refractivity contribution in [3.63, 3.8) is 0 Å². The van der Waals surface area contributed by atoms with E-state index in [-0.39, 0.29) is 43.2 Å². The van der Waals surface area contributed by atoms with Gasteiger partial charge in [-0.2, -0.15) is 0 Å². The van der Waals surface area contributed by atoms with Crippen molar-refractivity contribution >= 4 is 17.7 Å². The van der Waals surface area contributed by atoms with Gasteiger partial charge in [-0.25, -0.2) is 8.78 Å². The van der Waals surface area contributed by atoms with E-state index < -0.39 is 30.1 Å². The Morgan fingerprint density at radius 2 is 1.92 bits per heavy atom. The number of hydrogen-bond donors (Lipinski definition) is 2. The van der Waals surface area contributed by atoms with Crippen LogP contribution in [0.3, 0.4) is 0 Å². The summed E-state index contributed by atoms with van der Waals surface area (Å²) in [5.74, 6) is -1.48. The fraction of sp³-hybridized carbons (Fsp3) is 0.464. The molecule has 2 saturated heterocycles. The van der Waals surface area contributed by atoms with Crippen LogP contribution in [-0.2, 0) is 19.8 Å². The van der Waals surface area contributed by atoms with Crippen molar-refractivity contribution in [2.24, 2.45) is 0 Å². The molecule has 5 rings (SSSR count). The molecule has 0 spiro atoms. The molecule has 2 heterocycles. The average molecular weight is 511 g/mol. The van der Waals surface area contributed by atoms with E-state index >= 15 is 4.39 Å². The van der Waals surface area contributed by atoms with Crippen LogP contribution in [0.15, 0.2) is 48.5 Å². The van der Waals surface area contributed by atoms with E-state index in [4.69, 9.17) is 0 Å². The van der Waals surface area contributed by atoms with Crippen LogP contribution in [0.2, 0.25) is 0 Å². The van der Waals surface area contributed by atoms with Gasteiger partial charge in [0.15, 0.2) is 0 Å². The van der Waals surface area contributed by atoms with E-state index in [1.54, 1.807) is 6.07 Å². The first-order chi connectivity index (χ1) is 17.7. The first-order valence-corrected chi connectivity index (χ1v) is 12.8. The van der Waals surface area contributed by atoms with Crippen molar-refractivity contribution in [3.8, 4) is 0 Å². The second-order valence-corrected chi connectivity index (χ2v) is 10.5. The Bertz CT molecular complexity index is 1190. The first-order valence-electron chi connectivity index (χ1n) is 12.8. The Kier molecular flexibility index (Phi) is 6.98. The molecular weight excluding hydrogens is 478 g/mol. The molecule has 1 aliphatic carbocycles. The fourth-order valence-electron chi connectivity index (χ4n) is 5.28. The lowest BCUT2D eigenvalue weighted by Gasteiger charge is -2.31. The third kappa shape index (κ3) is 5.37. The van der Waals surface area contributed by atoms with Gasteiger partial charge in [0, 0.05) is 19.5 Å². The number of nitrogens with one attached hydrogen (secondary N) is 2. The van der Waals surface area contributed by atoms with E-state index in [1.165, 1.54) is 15.9 Å². The zero-order chi connectivity index (χ0) is 26.2. The maximum atomic E-state index is 15.1. The summed E-state index contributed by atoms with van der Waals surface area (Å²) in [4.78, 5) is 41.3. The van der Waals surface area contributed by atoms with Crippen LogP contribution in [0.5, 0.6) is 0 Å². The SMILES string of the molecule is CC1(c2ccc(C(NC(=O)C3CC(F)CN3C(=O)CN3CCNCC3=O)c3ccccc3)cc2F)CC1. The van der Waals surface area contributed by atoms with Gasteiger partial charge in [-0.05, 0) is 41.0 Å². The molecule has 0 radical (unpaired) electrons. The Hall–Kier alpha value is -3.33. The summed E-state index contributed by atoms with van der Waals surface area (Å²) in [7, 11) is 0. The molecule has 1 saturated carbocycles. The molecule has 7 nitrogen and oxygen atoms in total. The molecule has 37 heavy (non-hydrogen) atoms. The first kappa shape index (κ1) is 25.3. The van der Waals surface area contributed by atoms with Crippen molar-refractivity contribution < 1.29 is 23.2 Å². The molecule has 0 aromatic heterocycles. The third-order valence-corrected chi connectivity index (χ3v) is 7.78. The molecule has 2 aromatic rings. The lowest BCUT2D eigenvalue weighted by Crippen LogP contribution is -2.54. The van der Waals surface area contributed by atoms with Gasteiger partial charge in [0.1, 0.15) is 18.0 Å². The highest BCUT2D eigenvalue weighted by atomic mass is 19.1. The van der Waals surface area contributed by atoms with Gasteiger partial charge < -0.3 is 20.4 Å². The Balaban J connectivity index is 1.36. The number of rotatable bonds is 7. The monoisotopic (exact) mass is 510 g/mol. The summed E-state index contributed by atoms with van der Waals surface area (Å²) in [6.07, 6.45) is 0.416. The van der Waals surface area contributed by atoms with Crippen LogP contribution >= 0.6 is 0 Å². The zero-order valence-corrected chi connectivity index (χ0v) is 20.9. The molecule has 3 amide bonds. The third-order valence-electron chi connectivity index (χ3n) is 7.78. The van der Waals surface area contributed by atoms with Gasteiger partial charge in [0.25, 0.3) is 0 Å². The highest BCUT2D eigenvalue weighted by Gasteiger charge is 2.42. The van der Waals surface area contributed by atoms with Crippen LogP contribution in [0.4, 0.5) is 8.78 Å². The molecule has 3 fully saturated rings. The van der Waals surface area contributed by atoms with Gasteiger partial charge in [-0.15, -0.1) is 0 Å². The fourth-order valence-corrected chi connectivity index (χ4v) is 5.28. The molecule has 3 unspecified atom stereocenters. The second kappa shape index (κ2) is 10.2. The molecule has 0 bridgehead atoms. The molecule has 3 atom stereocenters. The Morgan fingerprint density at radius 3 is 2.59 bits per heavy atom. The number of carbonyl (C=O) groups excluding carboxylic acids is 3. The lowest BCUT2D eigenvalue weighted by atomic mass is 9.92. The number of alkyl halides is 1. The summed E-state index contributed by atoms with van der Waals surface area (Å²) < 4.78 is 29.6.